The molecule has 5 nitrogen and oxygen atoms in total. The maximum Gasteiger partial charge on any atom is 0.264 e. The quantitative estimate of drug-likeness (QED) is 0.750. The van der Waals surface area contributed by atoms with Crippen molar-refractivity contribution < 1.29 is 13.5 Å². The lowest BCUT2D eigenvalue weighted by atomic mass is 10.2. The Balaban J connectivity index is 2.52. The van der Waals surface area contributed by atoms with Gasteiger partial charge in [0.05, 0.1) is 28.3 Å². The minimum Gasteiger partial charge on any atom is -0.390 e. The Morgan fingerprint density at radius 3 is 2.23 bits per heavy atom. The van der Waals surface area contributed by atoms with E-state index >= 15 is 0 Å². The molecule has 0 saturated carbocycles. The van der Waals surface area contributed by atoms with Crippen molar-refractivity contribution in [2.24, 2.45) is 0 Å². The molecule has 2 aromatic carbocycles. The molecule has 0 heterocycles. The predicted molar refractivity (Wildman–Crippen MR) is 107 cm³/mol. The summed E-state index contributed by atoms with van der Waals surface area (Å²) in [5.41, 5.74) is 1.18. The molecule has 0 bridgehead atoms. The average Bonchev–Trinajstić information content (AvgIpc) is 2.54. The van der Waals surface area contributed by atoms with E-state index in [-0.39, 0.29) is 22.2 Å². The second-order valence-corrected chi connectivity index (χ2v) is 9.07. The standard InChI is InChI=1S/C18H22Cl2N2O3S/c1-13-4-7-16(8-5-13)26(24,25)22(12-15(23)11-21(2)3)18-10-14(19)6-9-17(18)20/h4-10,15,23H,11-12H2,1-3H3/t15-/m1/s1. The van der Waals surface area contributed by atoms with Crippen molar-refractivity contribution in [3.63, 3.8) is 0 Å². The summed E-state index contributed by atoms with van der Waals surface area (Å²) in [7, 11) is -0.329. The number of rotatable bonds is 7. The number of aliphatic hydroxyl groups is 1. The van der Waals surface area contributed by atoms with Crippen molar-refractivity contribution in [3.05, 3.63) is 58.1 Å². The van der Waals surface area contributed by atoms with Gasteiger partial charge in [-0.15, -0.1) is 0 Å². The fraction of sp³-hybridized carbons (Fsp3) is 0.333. The molecule has 0 radical (unpaired) electrons. The maximum absolute atomic E-state index is 13.2. The molecule has 8 heteroatoms. The highest BCUT2D eigenvalue weighted by Gasteiger charge is 2.29. The van der Waals surface area contributed by atoms with Crippen LogP contribution < -0.4 is 4.31 Å². The molecule has 0 aliphatic carbocycles. The number of hydrogen-bond donors (Lipinski definition) is 1. The number of hydrogen-bond acceptors (Lipinski definition) is 4. The van der Waals surface area contributed by atoms with Crippen LogP contribution in [0, 0.1) is 6.92 Å². The Morgan fingerprint density at radius 2 is 1.65 bits per heavy atom. The van der Waals surface area contributed by atoms with Crippen LogP contribution in [0.5, 0.6) is 0 Å². The van der Waals surface area contributed by atoms with Gasteiger partial charge in [-0.2, -0.15) is 0 Å². The number of likely N-dealkylation sites (N-methyl/N-ethyl adjacent to an activating group) is 1. The first-order chi connectivity index (χ1) is 12.1. The van der Waals surface area contributed by atoms with Crippen molar-refractivity contribution in [2.75, 3.05) is 31.5 Å². The van der Waals surface area contributed by atoms with Crippen LogP contribution in [-0.4, -0.2) is 51.7 Å². The highest BCUT2D eigenvalue weighted by Crippen LogP contribution is 2.33. The normalized spacial score (nSPS) is 13.0. The largest absolute Gasteiger partial charge is 0.390 e. The number of halogens is 2. The molecular weight excluding hydrogens is 395 g/mol. The molecule has 1 atom stereocenters. The molecule has 0 saturated heterocycles. The average molecular weight is 417 g/mol. The van der Waals surface area contributed by atoms with Gasteiger partial charge in [-0.3, -0.25) is 4.31 Å². The van der Waals surface area contributed by atoms with Crippen LogP contribution in [0.2, 0.25) is 10.0 Å². The van der Waals surface area contributed by atoms with Crippen molar-refractivity contribution in [3.8, 4) is 0 Å². The van der Waals surface area contributed by atoms with E-state index in [1.54, 1.807) is 37.2 Å². The molecule has 0 aliphatic rings. The zero-order chi connectivity index (χ0) is 19.5. The maximum atomic E-state index is 13.2. The number of aliphatic hydroxyl groups excluding tert-OH is 1. The van der Waals surface area contributed by atoms with E-state index in [1.807, 2.05) is 6.92 Å². The lowest BCUT2D eigenvalue weighted by Gasteiger charge is -2.28. The van der Waals surface area contributed by atoms with E-state index < -0.39 is 16.1 Å². The summed E-state index contributed by atoms with van der Waals surface area (Å²) in [6.07, 6.45) is -0.903. The third-order valence-electron chi connectivity index (χ3n) is 3.74. The summed E-state index contributed by atoms with van der Waals surface area (Å²) in [5.74, 6) is 0. The second-order valence-electron chi connectivity index (χ2n) is 6.36. The van der Waals surface area contributed by atoms with Gasteiger partial charge in [-0.25, -0.2) is 8.42 Å². The third kappa shape index (κ3) is 5.11. The summed E-state index contributed by atoms with van der Waals surface area (Å²) < 4.78 is 27.6. The number of anilines is 1. The first-order valence-electron chi connectivity index (χ1n) is 7.98. The van der Waals surface area contributed by atoms with Crippen LogP contribution in [0.4, 0.5) is 5.69 Å². The van der Waals surface area contributed by atoms with Crippen LogP contribution in [0.15, 0.2) is 47.4 Å². The van der Waals surface area contributed by atoms with Crippen molar-refractivity contribution >= 4 is 38.9 Å². The number of sulfonamides is 1. The number of nitrogens with zero attached hydrogens (tertiary/aromatic N) is 2. The molecule has 0 aromatic heterocycles. The van der Waals surface area contributed by atoms with Crippen LogP contribution in [0.25, 0.3) is 0 Å². The van der Waals surface area contributed by atoms with Crippen molar-refractivity contribution in [2.45, 2.75) is 17.9 Å². The summed E-state index contributed by atoms with van der Waals surface area (Å²) >= 11 is 12.3. The Bertz CT molecular complexity index is 855. The number of benzene rings is 2. The fourth-order valence-corrected chi connectivity index (χ4v) is 4.46. The van der Waals surface area contributed by atoms with Gasteiger partial charge in [0.15, 0.2) is 0 Å². The molecule has 0 amide bonds. The molecule has 26 heavy (non-hydrogen) atoms. The van der Waals surface area contributed by atoms with Gasteiger partial charge in [-0.05, 0) is 51.4 Å². The first-order valence-corrected chi connectivity index (χ1v) is 10.2. The molecule has 2 rings (SSSR count). The Kier molecular flexibility index (Phi) is 6.93. The molecule has 0 spiro atoms. The van der Waals surface area contributed by atoms with Crippen molar-refractivity contribution in [1.82, 2.24) is 4.90 Å². The summed E-state index contributed by atoms with van der Waals surface area (Å²) in [6, 6.07) is 11.1. The van der Waals surface area contributed by atoms with E-state index in [0.717, 1.165) is 9.87 Å². The van der Waals surface area contributed by atoms with Gasteiger partial charge in [0, 0.05) is 11.6 Å². The highest BCUT2D eigenvalue weighted by molar-refractivity contribution is 7.92. The van der Waals surface area contributed by atoms with Gasteiger partial charge in [-0.1, -0.05) is 40.9 Å². The number of aryl methyl sites for hydroxylation is 1. The second kappa shape index (κ2) is 8.59. The Hall–Kier alpha value is -1.31. The van der Waals surface area contributed by atoms with Crippen LogP contribution in [0.3, 0.4) is 0 Å². The fourth-order valence-electron chi connectivity index (χ4n) is 2.51. The van der Waals surface area contributed by atoms with Crippen LogP contribution in [0.1, 0.15) is 5.56 Å². The molecule has 0 fully saturated rings. The zero-order valence-corrected chi connectivity index (χ0v) is 17.2. The van der Waals surface area contributed by atoms with Crippen LogP contribution >= 0.6 is 23.2 Å². The van der Waals surface area contributed by atoms with Gasteiger partial charge < -0.3 is 10.0 Å². The minimum absolute atomic E-state index is 0.121. The van der Waals surface area contributed by atoms with E-state index in [0.29, 0.717) is 11.6 Å². The summed E-state index contributed by atoms with van der Waals surface area (Å²) in [6.45, 7) is 2.04. The zero-order valence-electron chi connectivity index (χ0n) is 14.9. The first kappa shape index (κ1) is 21.0. The monoisotopic (exact) mass is 416 g/mol. The van der Waals surface area contributed by atoms with Crippen molar-refractivity contribution in [1.29, 1.82) is 0 Å². The lowest BCUT2D eigenvalue weighted by Crippen LogP contribution is -2.41. The molecule has 1 N–H and O–H groups in total. The third-order valence-corrected chi connectivity index (χ3v) is 6.09. The van der Waals surface area contributed by atoms with Gasteiger partial charge in [0.25, 0.3) is 10.0 Å². The SMILES string of the molecule is Cc1ccc(S(=O)(=O)N(C[C@H](O)CN(C)C)c2cc(Cl)ccc2Cl)cc1. The molecule has 0 aliphatic heterocycles. The molecule has 142 valence electrons. The predicted octanol–water partition coefficient (Wildman–Crippen LogP) is 3.42. The summed E-state index contributed by atoms with van der Waals surface area (Å²) in [4.78, 5) is 1.90. The Labute approximate surface area is 164 Å². The van der Waals surface area contributed by atoms with E-state index in [9.17, 15) is 13.5 Å². The van der Waals surface area contributed by atoms with Gasteiger partial charge >= 0.3 is 0 Å². The minimum atomic E-state index is -3.93. The van der Waals surface area contributed by atoms with Gasteiger partial charge in [0.2, 0.25) is 0 Å². The molecule has 2 aromatic rings. The summed E-state index contributed by atoms with van der Waals surface area (Å²) in [5, 5.41) is 10.9. The topological polar surface area (TPSA) is 60.9 Å². The molecular formula is C18H22Cl2N2O3S. The van der Waals surface area contributed by atoms with Gasteiger partial charge in [0.1, 0.15) is 0 Å². The lowest BCUT2D eigenvalue weighted by molar-refractivity contribution is 0.145. The van der Waals surface area contributed by atoms with Crippen LogP contribution in [-0.2, 0) is 10.0 Å². The Morgan fingerprint density at radius 1 is 1.04 bits per heavy atom. The smallest absolute Gasteiger partial charge is 0.264 e. The van der Waals surface area contributed by atoms with E-state index in [2.05, 4.69) is 0 Å². The van der Waals surface area contributed by atoms with E-state index in [4.69, 9.17) is 23.2 Å². The van der Waals surface area contributed by atoms with E-state index in [1.165, 1.54) is 24.3 Å². The molecule has 0 unspecified atom stereocenters. The highest BCUT2D eigenvalue weighted by atomic mass is 35.5.